The van der Waals surface area contributed by atoms with Gasteiger partial charge in [-0.15, -0.1) is 0 Å². The summed E-state index contributed by atoms with van der Waals surface area (Å²) >= 11 is 2.01. The van der Waals surface area contributed by atoms with E-state index in [1.165, 1.54) is 0 Å². The molecular formula is C12H30O2SSi2. The molecular weight excluding hydrogens is 264 g/mol. The molecule has 17 heavy (non-hydrogen) atoms. The Morgan fingerprint density at radius 2 is 1.59 bits per heavy atom. The van der Waals surface area contributed by atoms with Crippen LogP contribution in [0.2, 0.25) is 32.2 Å². The van der Waals surface area contributed by atoms with Crippen LogP contribution in [0.15, 0.2) is 0 Å². The van der Waals surface area contributed by atoms with Crippen molar-refractivity contribution in [1.29, 1.82) is 0 Å². The van der Waals surface area contributed by atoms with Gasteiger partial charge < -0.3 is 8.85 Å². The Balaban J connectivity index is 4.42. The van der Waals surface area contributed by atoms with Crippen molar-refractivity contribution in [2.24, 2.45) is 5.92 Å². The van der Waals surface area contributed by atoms with E-state index < -0.39 is 15.8 Å². The molecule has 2 nitrogen and oxygen atoms in total. The Hall–Kier alpha value is 0.704. The quantitative estimate of drug-likeness (QED) is 0.478. The van der Waals surface area contributed by atoms with E-state index in [-0.39, 0.29) is 5.44 Å². The summed E-state index contributed by atoms with van der Waals surface area (Å²) in [6.45, 7) is 18.8. The van der Waals surface area contributed by atoms with E-state index in [9.17, 15) is 0 Å². The Morgan fingerprint density at radius 3 is 1.94 bits per heavy atom. The summed E-state index contributed by atoms with van der Waals surface area (Å²) in [6.07, 6.45) is 0. The number of hydrogen-bond donors (Lipinski definition) is 0. The monoisotopic (exact) mass is 294 g/mol. The zero-order valence-electron chi connectivity index (χ0n) is 12.8. The summed E-state index contributed by atoms with van der Waals surface area (Å²) in [5.41, 5.74) is 0.267. The van der Waals surface area contributed by atoms with E-state index in [1.54, 1.807) is 0 Å². The maximum absolute atomic E-state index is 6.28. The van der Waals surface area contributed by atoms with Gasteiger partial charge in [-0.2, -0.15) is 11.2 Å². The van der Waals surface area contributed by atoms with Gasteiger partial charge >= 0.3 is 8.56 Å². The number of rotatable bonds is 8. The highest BCUT2D eigenvalue weighted by molar-refractivity contribution is 8.28. The fourth-order valence-electron chi connectivity index (χ4n) is 2.06. The van der Waals surface area contributed by atoms with Crippen LogP contribution in [0.5, 0.6) is 0 Å². The molecule has 0 aliphatic carbocycles. The fourth-order valence-corrected chi connectivity index (χ4v) is 10.4. The second-order valence-electron chi connectivity index (χ2n) is 6.08. The second kappa shape index (κ2) is 7.33. The molecule has 0 fully saturated rings. The van der Waals surface area contributed by atoms with E-state index in [4.69, 9.17) is 8.85 Å². The van der Waals surface area contributed by atoms with Gasteiger partial charge in [-0.05, 0) is 32.4 Å². The Bertz CT molecular complexity index is 219. The van der Waals surface area contributed by atoms with Crippen LogP contribution in [-0.4, -0.2) is 27.8 Å². The number of hydrogen-bond acceptors (Lipinski definition) is 3. The van der Waals surface area contributed by atoms with E-state index in [0.29, 0.717) is 5.92 Å². The first-order valence-corrected chi connectivity index (χ1v) is 14.2. The highest BCUT2D eigenvalue weighted by Crippen LogP contribution is 2.30. The third-order valence-electron chi connectivity index (χ3n) is 2.16. The smallest absolute Gasteiger partial charge is 0.336 e. The van der Waals surface area contributed by atoms with E-state index >= 15 is 0 Å². The Kier molecular flexibility index (Phi) is 7.63. The lowest BCUT2D eigenvalue weighted by Gasteiger charge is -2.33. The summed E-state index contributed by atoms with van der Waals surface area (Å²) < 4.78 is 12.2. The second-order valence-corrected chi connectivity index (χ2v) is 18.8. The van der Waals surface area contributed by atoms with Crippen molar-refractivity contribution in [3.05, 3.63) is 0 Å². The molecule has 0 aliphatic heterocycles. The van der Waals surface area contributed by atoms with Gasteiger partial charge in [-0.3, -0.25) is 0 Å². The molecule has 0 rings (SSSR count). The molecule has 0 aromatic rings. The van der Waals surface area contributed by atoms with Crippen LogP contribution >= 0.6 is 11.2 Å². The predicted molar refractivity (Wildman–Crippen MR) is 84.4 cm³/mol. The highest BCUT2D eigenvalue weighted by Gasteiger charge is 2.35. The first-order chi connectivity index (χ1) is 7.58. The third-order valence-corrected chi connectivity index (χ3v) is 9.90. The first-order valence-electron chi connectivity index (χ1n) is 6.57. The maximum atomic E-state index is 6.28. The molecule has 0 saturated heterocycles. The molecule has 0 heterocycles. The minimum absolute atomic E-state index is 0.267. The Labute approximate surface area is 114 Å². The summed E-state index contributed by atoms with van der Waals surface area (Å²) in [5, 5.41) is 0. The van der Waals surface area contributed by atoms with Crippen LogP contribution in [0.3, 0.4) is 0 Å². The molecule has 0 saturated carbocycles. The molecule has 0 radical (unpaired) electrons. The van der Waals surface area contributed by atoms with Crippen molar-refractivity contribution in [3.8, 4) is 0 Å². The van der Waals surface area contributed by atoms with Crippen LogP contribution in [0.25, 0.3) is 0 Å². The molecule has 0 amide bonds. The van der Waals surface area contributed by atoms with Crippen molar-refractivity contribution >= 4 is 27.0 Å². The molecule has 2 unspecified atom stereocenters. The van der Waals surface area contributed by atoms with Gasteiger partial charge in [0, 0.05) is 6.61 Å². The lowest BCUT2D eigenvalue weighted by molar-refractivity contribution is 0.171. The SMILES string of the molecule is CCO[Si](C)(CC(C)C)OC(C)S[Si](C)(C)C. The van der Waals surface area contributed by atoms with Crippen LogP contribution in [-0.2, 0) is 8.85 Å². The molecule has 0 aromatic heterocycles. The van der Waals surface area contributed by atoms with Crippen LogP contribution in [0, 0.1) is 5.92 Å². The molecule has 5 heteroatoms. The summed E-state index contributed by atoms with van der Waals surface area (Å²) in [5.74, 6) is 0.641. The molecule has 0 aromatic carbocycles. The lowest BCUT2D eigenvalue weighted by atomic mass is 10.3. The molecule has 2 atom stereocenters. The average Bonchev–Trinajstić information content (AvgIpc) is 1.96. The fraction of sp³-hybridized carbons (Fsp3) is 1.00. The van der Waals surface area contributed by atoms with Crippen LogP contribution in [0.1, 0.15) is 27.7 Å². The van der Waals surface area contributed by atoms with Crippen molar-refractivity contribution in [1.82, 2.24) is 0 Å². The molecule has 0 N–H and O–H groups in total. The van der Waals surface area contributed by atoms with Gasteiger partial charge in [0.25, 0.3) is 0 Å². The molecule has 104 valence electrons. The largest absolute Gasteiger partial charge is 0.395 e. The van der Waals surface area contributed by atoms with E-state index in [2.05, 4.69) is 53.9 Å². The van der Waals surface area contributed by atoms with E-state index in [0.717, 1.165) is 12.7 Å². The zero-order valence-corrected chi connectivity index (χ0v) is 15.6. The van der Waals surface area contributed by atoms with Gasteiger partial charge in [0.05, 0.1) is 5.44 Å². The Morgan fingerprint density at radius 1 is 1.06 bits per heavy atom. The maximum Gasteiger partial charge on any atom is 0.336 e. The van der Waals surface area contributed by atoms with Gasteiger partial charge in [0.15, 0.2) is 0 Å². The topological polar surface area (TPSA) is 18.5 Å². The average molecular weight is 295 g/mol. The van der Waals surface area contributed by atoms with Crippen LogP contribution < -0.4 is 0 Å². The van der Waals surface area contributed by atoms with Gasteiger partial charge in [0.1, 0.15) is 7.22 Å². The lowest BCUT2D eigenvalue weighted by Crippen LogP contribution is -2.42. The standard InChI is InChI=1S/C12H30O2SSi2/c1-9-13-17(8,10-11(2)3)14-12(4)15-16(5,6)7/h11-12H,9-10H2,1-8H3. The summed E-state index contributed by atoms with van der Waals surface area (Å²) in [4.78, 5) is 0. The molecule has 0 aliphatic rings. The van der Waals surface area contributed by atoms with Crippen molar-refractivity contribution in [2.75, 3.05) is 6.61 Å². The normalized spacial score (nSPS) is 18.2. The van der Waals surface area contributed by atoms with Crippen molar-refractivity contribution in [2.45, 2.75) is 65.4 Å². The first kappa shape index (κ1) is 17.7. The van der Waals surface area contributed by atoms with Crippen LogP contribution in [0.4, 0.5) is 0 Å². The van der Waals surface area contributed by atoms with Gasteiger partial charge in [0.2, 0.25) is 0 Å². The van der Waals surface area contributed by atoms with Gasteiger partial charge in [-0.25, -0.2) is 0 Å². The summed E-state index contributed by atoms with van der Waals surface area (Å²) in [6, 6.07) is 1.08. The van der Waals surface area contributed by atoms with Crippen molar-refractivity contribution < 1.29 is 8.85 Å². The molecule has 0 bridgehead atoms. The van der Waals surface area contributed by atoms with E-state index in [1.807, 2.05) is 11.2 Å². The molecule has 0 spiro atoms. The van der Waals surface area contributed by atoms with Gasteiger partial charge in [-0.1, -0.05) is 33.5 Å². The summed E-state index contributed by atoms with van der Waals surface area (Å²) in [7, 11) is -3.10. The zero-order chi connectivity index (χ0) is 13.7. The third kappa shape index (κ3) is 9.30. The minimum atomic E-state index is -1.97. The predicted octanol–water partition coefficient (Wildman–Crippen LogP) is 4.68. The highest BCUT2D eigenvalue weighted by atomic mass is 32.4. The van der Waals surface area contributed by atoms with Crippen molar-refractivity contribution in [3.63, 3.8) is 0 Å². The minimum Gasteiger partial charge on any atom is -0.395 e.